The van der Waals surface area contributed by atoms with Crippen molar-refractivity contribution in [3.8, 4) is 16.9 Å². The molecule has 0 bridgehead atoms. The Morgan fingerprint density at radius 3 is 2.21 bits per heavy atom. The van der Waals surface area contributed by atoms with Gasteiger partial charge in [0.2, 0.25) is 11.9 Å². The Balaban J connectivity index is 1.42. The van der Waals surface area contributed by atoms with Crippen molar-refractivity contribution >= 4 is 17.8 Å². The van der Waals surface area contributed by atoms with E-state index >= 15 is 0 Å². The number of furan rings is 1. The van der Waals surface area contributed by atoms with Crippen LogP contribution in [0.3, 0.4) is 0 Å². The minimum atomic E-state index is -0.365. The molecule has 0 saturated carbocycles. The quantitative estimate of drug-likeness (QED) is 0.280. The van der Waals surface area contributed by atoms with Crippen LogP contribution in [0, 0.1) is 13.8 Å². The van der Waals surface area contributed by atoms with Gasteiger partial charge in [-0.15, -0.1) is 0 Å². The number of carbonyl (C=O) groups is 2. The van der Waals surface area contributed by atoms with Crippen LogP contribution in [-0.4, -0.2) is 32.8 Å². The maximum atomic E-state index is 13.4. The number of nitrogens with zero attached hydrogens (tertiary/aromatic N) is 3. The summed E-state index contributed by atoms with van der Waals surface area (Å²) >= 11 is 0. The number of imidazole rings is 1. The zero-order valence-electron chi connectivity index (χ0n) is 21.3. The van der Waals surface area contributed by atoms with Crippen LogP contribution < -0.4 is 5.32 Å². The fraction of sp³-hybridized carbons (Fsp3) is 0.129. The van der Waals surface area contributed by atoms with Gasteiger partial charge in [-0.25, -0.2) is 4.98 Å². The fourth-order valence-corrected chi connectivity index (χ4v) is 4.13. The van der Waals surface area contributed by atoms with Crippen LogP contribution in [0.5, 0.6) is 0 Å². The molecule has 0 spiro atoms. The molecule has 7 nitrogen and oxygen atoms in total. The molecule has 1 N–H and O–H groups in total. The van der Waals surface area contributed by atoms with Crippen molar-refractivity contribution in [1.82, 2.24) is 14.5 Å². The number of aryl methyl sites for hydroxylation is 2. The van der Waals surface area contributed by atoms with E-state index in [0.717, 1.165) is 28.1 Å². The number of hydrogen-bond donors (Lipinski definition) is 1. The highest BCUT2D eigenvalue weighted by Crippen LogP contribution is 2.24. The van der Waals surface area contributed by atoms with Gasteiger partial charge in [0.25, 0.3) is 5.91 Å². The van der Waals surface area contributed by atoms with Crippen molar-refractivity contribution in [2.75, 3.05) is 11.9 Å². The van der Waals surface area contributed by atoms with E-state index in [2.05, 4.69) is 5.32 Å². The molecular weight excluding hydrogens is 476 g/mol. The Bertz CT molecular complexity index is 1520. The number of anilines is 1. The van der Waals surface area contributed by atoms with Gasteiger partial charge in [-0.2, -0.15) is 0 Å². The number of nitrogens with one attached hydrogen (secondary N) is 1. The highest BCUT2D eigenvalue weighted by atomic mass is 16.3. The molecule has 0 fully saturated rings. The van der Waals surface area contributed by atoms with Gasteiger partial charge in [0.05, 0.1) is 18.5 Å². The lowest BCUT2D eigenvalue weighted by Crippen LogP contribution is -2.37. The lowest BCUT2D eigenvalue weighted by molar-refractivity contribution is -0.117. The fourth-order valence-electron chi connectivity index (χ4n) is 4.13. The van der Waals surface area contributed by atoms with Crippen LogP contribution in [0.1, 0.15) is 27.2 Å². The molecule has 0 aliphatic carbocycles. The summed E-state index contributed by atoms with van der Waals surface area (Å²) in [6.07, 6.45) is 3.45. The first kappa shape index (κ1) is 24.8. The van der Waals surface area contributed by atoms with Gasteiger partial charge in [-0.05, 0) is 50.2 Å². The monoisotopic (exact) mass is 504 g/mol. The van der Waals surface area contributed by atoms with E-state index in [1.807, 2.05) is 91.3 Å². The number of amides is 2. The topological polar surface area (TPSA) is 80.4 Å². The van der Waals surface area contributed by atoms with Gasteiger partial charge in [-0.1, -0.05) is 65.7 Å². The molecule has 2 heterocycles. The molecule has 2 amide bonds. The summed E-state index contributed by atoms with van der Waals surface area (Å²) < 4.78 is 7.31. The van der Waals surface area contributed by atoms with Gasteiger partial charge in [0.15, 0.2) is 0 Å². The van der Waals surface area contributed by atoms with Crippen molar-refractivity contribution in [1.29, 1.82) is 0 Å². The minimum Gasteiger partial charge on any atom is -0.467 e. The summed E-state index contributed by atoms with van der Waals surface area (Å²) in [7, 11) is 0. The second-order valence-electron chi connectivity index (χ2n) is 9.18. The first-order chi connectivity index (χ1) is 18.5. The third-order valence-electron chi connectivity index (χ3n) is 6.19. The molecule has 0 unspecified atom stereocenters. The van der Waals surface area contributed by atoms with E-state index in [9.17, 15) is 9.59 Å². The van der Waals surface area contributed by atoms with Crippen molar-refractivity contribution in [2.24, 2.45) is 0 Å². The summed E-state index contributed by atoms with van der Waals surface area (Å²) in [6.45, 7) is 3.97. The number of aromatic nitrogens is 2. The van der Waals surface area contributed by atoms with E-state index in [4.69, 9.17) is 9.40 Å². The number of hydrogen-bond acceptors (Lipinski definition) is 4. The van der Waals surface area contributed by atoms with Gasteiger partial charge < -0.3 is 9.32 Å². The third kappa shape index (κ3) is 5.73. The Morgan fingerprint density at radius 2 is 1.55 bits per heavy atom. The molecule has 5 rings (SSSR count). The Morgan fingerprint density at radius 1 is 0.868 bits per heavy atom. The molecule has 7 heteroatoms. The van der Waals surface area contributed by atoms with E-state index in [-0.39, 0.29) is 24.9 Å². The van der Waals surface area contributed by atoms with Crippen molar-refractivity contribution in [2.45, 2.75) is 20.4 Å². The summed E-state index contributed by atoms with van der Waals surface area (Å²) in [4.78, 5) is 32.9. The first-order valence-corrected chi connectivity index (χ1v) is 12.4. The van der Waals surface area contributed by atoms with Crippen LogP contribution >= 0.6 is 0 Å². The maximum absolute atomic E-state index is 13.4. The molecule has 0 atom stereocenters. The van der Waals surface area contributed by atoms with Gasteiger partial charge in [0.1, 0.15) is 12.3 Å². The second-order valence-corrected chi connectivity index (χ2v) is 9.18. The molecule has 0 aliphatic heterocycles. The smallest absolute Gasteiger partial charge is 0.254 e. The number of benzene rings is 3. The average molecular weight is 505 g/mol. The molecule has 3 aromatic carbocycles. The zero-order chi connectivity index (χ0) is 26.5. The second kappa shape index (κ2) is 11.0. The summed E-state index contributed by atoms with van der Waals surface area (Å²) in [5.74, 6) is 0.336. The Labute approximate surface area is 221 Å². The zero-order valence-corrected chi connectivity index (χ0v) is 21.3. The maximum Gasteiger partial charge on any atom is 0.254 e. The number of rotatable bonds is 8. The Hall–Kier alpha value is -4.91. The molecule has 0 saturated heterocycles. The molecular formula is C31H28N4O3. The summed E-state index contributed by atoms with van der Waals surface area (Å²) in [5, 5.41) is 2.93. The lowest BCUT2D eigenvalue weighted by atomic mass is 10.1. The molecule has 5 aromatic rings. The van der Waals surface area contributed by atoms with Crippen molar-refractivity contribution < 1.29 is 14.0 Å². The molecule has 190 valence electrons. The van der Waals surface area contributed by atoms with Gasteiger partial charge in [-0.3, -0.25) is 19.5 Å². The normalized spacial score (nSPS) is 10.8. The highest BCUT2D eigenvalue weighted by molar-refractivity contribution is 5.99. The predicted octanol–water partition coefficient (Wildman–Crippen LogP) is 6.03. The minimum absolute atomic E-state index is 0.162. The van der Waals surface area contributed by atoms with E-state index < -0.39 is 0 Å². The predicted molar refractivity (Wildman–Crippen MR) is 147 cm³/mol. The van der Waals surface area contributed by atoms with Gasteiger partial charge >= 0.3 is 0 Å². The lowest BCUT2D eigenvalue weighted by Gasteiger charge is -2.21. The molecule has 0 radical (unpaired) electrons. The largest absolute Gasteiger partial charge is 0.467 e. The van der Waals surface area contributed by atoms with Crippen LogP contribution in [0.25, 0.3) is 16.9 Å². The van der Waals surface area contributed by atoms with E-state index in [1.54, 1.807) is 30.5 Å². The summed E-state index contributed by atoms with van der Waals surface area (Å²) in [6, 6.07) is 28.6. The van der Waals surface area contributed by atoms with Crippen LogP contribution in [-0.2, 0) is 11.3 Å². The van der Waals surface area contributed by atoms with Crippen LogP contribution in [0.15, 0.2) is 108 Å². The molecule has 2 aromatic heterocycles. The van der Waals surface area contributed by atoms with E-state index in [0.29, 0.717) is 17.3 Å². The molecule has 0 aliphatic rings. The standard InChI is InChI=1S/C31H28N4O3/c1-22-10-14-25(15-11-22)30(37)34(19-27-9-6-18-38-27)21-29(36)33-31-32-28(24-7-4-3-5-8-24)20-35(31)26-16-12-23(2)13-17-26/h3-18,20H,19,21H2,1-2H3,(H,32,33,36). The highest BCUT2D eigenvalue weighted by Gasteiger charge is 2.22. The average Bonchev–Trinajstić information content (AvgIpc) is 3.60. The van der Waals surface area contributed by atoms with Gasteiger partial charge in [0, 0.05) is 23.0 Å². The first-order valence-electron chi connectivity index (χ1n) is 12.4. The Kier molecular flexibility index (Phi) is 7.17. The van der Waals surface area contributed by atoms with Crippen molar-refractivity contribution in [3.05, 3.63) is 126 Å². The van der Waals surface area contributed by atoms with Crippen LogP contribution in [0.4, 0.5) is 5.95 Å². The van der Waals surface area contributed by atoms with Crippen molar-refractivity contribution in [3.63, 3.8) is 0 Å². The van der Waals surface area contributed by atoms with Crippen LogP contribution in [0.2, 0.25) is 0 Å². The number of carbonyl (C=O) groups excluding carboxylic acids is 2. The molecule has 38 heavy (non-hydrogen) atoms. The SMILES string of the molecule is Cc1ccc(C(=O)N(CC(=O)Nc2nc(-c3ccccc3)cn2-c2ccc(C)cc2)Cc2ccco2)cc1. The van der Waals surface area contributed by atoms with E-state index in [1.165, 1.54) is 4.90 Å². The summed E-state index contributed by atoms with van der Waals surface area (Å²) in [5.41, 5.74) is 5.21. The third-order valence-corrected chi connectivity index (χ3v) is 6.19.